The number of phosphoric acid groups is 3. The molecular weight excluding hydrogens is 819 g/mol. The Bertz CT molecular complexity index is 1860. The summed E-state index contributed by atoms with van der Waals surface area (Å²) in [7, 11) is -16.4. The van der Waals surface area contributed by atoms with Crippen LogP contribution in [0.4, 0.5) is 5.82 Å². The minimum Gasteiger partial charge on any atom is -0.386 e. The molecule has 0 saturated carbocycles. The number of hydrogen-bond donors (Lipinski definition) is 9. The van der Waals surface area contributed by atoms with E-state index in [1.54, 1.807) is 0 Å². The van der Waals surface area contributed by atoms with Crippen LogP contribution in [0, 0.1) is 5.41 Å². The number of ether oxygens (including phenoxy) is 1. The van der Waals surface area contributed by atoms with Crippen molar-refractivity contribution >= 4 is 69.1 Å². The van der Waals surface area contributed by atoms with E-state index in [0.717, 1.165) is 41.0 Å². The first-order valence-electron chi connectivity index (χ1n) is 16.2. The Morgan fingerprint density at radius 1 is 1.09 bits per heavy atom. The second kappa shape index (κ2) is 19.6. The summed E-state index contributed by atoms with van der Waals surface area (Å²) in [6.45, 7) is 4.24. The normalized spacial score (nSPS) is 22.2. The standard InChI is InChI=1S/C27H44N7O17P3S/c1-5-15(2)10-18(36)55-9-8-29-17(35)6-7-30-25(39)22(38)27(3,4)12-48-54(45,46)51-53(43,44)47-11-16-21(50-52(40,41)42)20(37)26(49-16)34-14-33-19-23(28)31-13-32-24(19)34/h10,13-14,16,20-22,26,37-38H,5-9,11-12H2,1-4H3,(H,29,35)(H,30,39)(H,43,44)(H,45,46)(H2,28,31,32)(H2,40,41,42)/t16-,20-,21-,22+,26-/m1/s1. The number of rotatable bonds is 21. The van der Waals surface area contributed by atoms with Gasteiger partial charge in [0, 0.05) is 30.7 Å². The van der Waals surface area contributed by atoms with Crippen LogP contribution in [0.15, 0.2) is 24.3 Å². The number of nitrogen functional groups attached to an aromatic ring is 1. The van der Waals surface area contributed by atoms with Gasteiger partial charge < -0.3 is 50.9 Å². The van der Waals surface area contributed by atoms with Gasteiger partial charge in [0.2, 0.25) is 16.9 Å². The maximum absolute atomic E-state index is 12.7. The molecule has 1 aliphatic rings. The van der Waals surface area contributed by atoms with E-state index >= 15 is 0 Å². The number of aromatic nitrogens is 4. The first kappa shape index (κ1) is 46.7. The number of aliphatic hydroxyl groups excluding tert-OH is 2. The number of nitrogens with two attached hydrogens (primary N) is 1. The molecule has 0 spiro atoms. The van der Waals surface area contributed by atoms with Gasteiger partial charge in [-0.05, 0) is 19.4 Å². The zero-order valence-electron chi connectivity index (χ0n) is 29.9. The molecule has 3 rings (SSSR count). The smallest absolute Gasteiger partial charge is 0.386 e. The Kier molecular flexibility index (Phi) is 16.7. The zero-order valence-corrected chi connectivity index (χ0v) is 33.4. The number of fused-ring (bicyclic) bond motifs is 1. The van der Waals surface area contributed by atoms with Crippen LogP contribution < -0.4 is 16.4 Å². The second-order valence-corrected chi connectivity index (χ2v) is 17.9. The highest BCUT2D eigenvalue weighted by atomic mass is 32.2. The Hall–Kier alpha value is -2.70. The number of allylic oxidation sites excluding steroid dienone is 1. The van der Waals surface area contributed by atoms with Crippen molar-refractivity contribution in [2.75, 3.05) is 37.8 Å². The van der Waals surface area contributed by atoms with Gasteiger partial charge >= 0.3 is 23.5 Å². The van der Waals surface area contributed by atoms with E-state index in [-0.39, 0.29) is 41.6 Å². The molecule has 7 atom stereocenters. The van der Waals surface area contributed by atoms with Crippen LogP contribution in [-0.4, -0.2) is 123 Å². The summed E-state index contributed by atoms with van der Waals surface area (Å²) in [6, 6.07) is 0. The predicted molar refractivity (Wildman–Crippen MR) is 191 cm³/mol. The summed E-state index contributed by atoms with van der Waals surface area (Å²) < 4.78 is 62.0. The van der Waals surface area contributed by atoms with Crippen molar-refractivity contribution < 1.29 is 80.5 Å². The lowest BCUT2D eigenvalue weighted by Gasteiger charge is -2.30. The number of aliphatic hydroxyl groups is 2. The van der Waals surface area contributed by atoms with Gasteiger partial charge in [-0.3, -0.25) is 32.5 Å². The van der Waals surface area contributed by atoms with Gasteiger partial charge in [0.1, 0.15) is 36.3 Å². The highest BCUT2D eigenvalue weighted by Gasteiger charge is 2.50. The Morgan fingerprint density at radius 3 is 2.42 bits per heavy atom. The van der Waals surface area contributed by atoms with Gasteiger partial charge in [-0.1, -0.05) is 38.1 Å². The van der Waals surface area contributed by atoms with Gasteiger partial charge in [0.25, 0.3) is 0 Å². The molecule has 0 radical (unpaired) electrons. The van der Waals surface area contributed by atoms with Crippen LogP contribution in [0.2, 0.25) is 0 Å². The van der Waals surface area contributed by atoms with E-state index in [1.165, 1.54) is 19.9 Å². The second-order valence-electron chi connectivity index (χ2n) is 12.6. The third-order valence-electron chi connectivity index (χ3n) is 7.67. The molecule has 2 aromatic rings. The van der Waals surface area contributed by atoms with Crippen molar-refractivity contribution in [2.24, 2.45) is 5.41 Å². The first-order chi connectivity index (χ1) is 25.4. The quantitative estimate of drug-likeness (QED) is 0.0454. The SMILES string of the molecule is CCC(C)=CC(=O)SCCNC(=O)CCNC(=O)[C@H](O)C(C)(C)COP(=O)(O)OP(=O)(O)OC[C@H]1O[C@@H](n2cnc3c(N)ncnc32)[C@H](O)[C@@H]1OP(=O)(O)O. The highest BCUT2D eigenvalue weighted by Crippen LogP contribution is 2.61. The molecule has 0 aromatic carbocycles. The van der Waals surface area contributed by atoms with E-state index in [4.69, 9.17) is 19.5 Å². The monoisotopic (exact) mass is 863 g/mol. The molecule has 3 heterocycles. The molecule has 1 saturated heterocycles. The molecule has 0 aliphatic carbocycles. The molecule has 10 N–H and O–H groups in total. The van der Waals surface area contributed by atoms with Crippen molar-refractivity contribution in [1.29, 1.82) is 0 Å². The van der Waals surface area contributed by atoms with Crippen LogP contribution in [0.25, 0.3) is 11.2 Å². The van der Waals surface area contributed by atoms with E-state index in [0.29, 0.717) is 5.75 Å². The fourth-order valence-corrected chi connectivity index (χ4v) is 8.15. The number of nitrogens with one attached hydrogen (secondary N) is 2. The van der Waals surface area contributed by atoms with Crippen LogP contribution >= 0.6 is 35.2 Å². The minimum absolute atomic E-state index is 0.0303. The van der Waals surface area contributed by atoms with Crippen molar-refractivity contribution in [3.05, 3.63) is 24.3 Å². The number of amides is 2. The van der Waals surface area contributed by atoms with Crippen molar-refractivity contribution in [3.63, 3.8) is 0 Å². The van der Waals surface area contributed by atoms with Gasteiger partial charge in [0.05, 0.1) is 19.5 Å². The van der Waals surface area contributed by atoms with Crippen molar-refractivity contribution in [2.45, 2.75) is 71.2 Å². The average molecular weight is 864 g/mol. The number of anilines is 1. The molecule has 1 fully saturated rings. The van der Waals surface area contributed by atoms with E-state index in [1.807, 2.05) is 13.8 Å². The number of carbonyl (C=O) groups is 3. The number of hydrogen-bond acceptors (Lipinski definition) is 18. The van der Waals surface area contributed by atoms with E-state index < -0.39 is 84.6 Å². The third kappa shape index (κ3) is 14.3. The number of carbonyl (C=O) groups excluding carboxylic acids is 3. The number of phosphoric ester groups is 3. The lowest BCUT2D eigenvalue weighted by atomic mass is 9.87. The van der Waals surface area contributed by atoms with Crippen molar-refractivity contribution in [1.82, 2.24) is 30.2 Å². The van der Waals surface area contributed by atoms with Crippen LogP contribution in [0.5, 0.6) is 0 Å². The molecule has 2 unspecified atom stereocenters. The van der Waals surface area contributed by atoms with Gasteiger partial charge in [-0.15, -0.1) is 0 Å². The molecule has 2 amide bonds. The zero-order chi connectivity index (χ0) is 41.4. The molecule has 1 aliphatic heterocycles. The summed E-state index contributed by atoms with van der Waals surface area (Å²) in [5.41, 5.74) is 5.19. The Balaban J connectivity index is 1.50. The lowest BCUT2D eigenvalue weighted by Crippen LogP contribution is -2.46. The van der Waals surface area contributed by atoms with Crippen LogP contribution in [-0.2, 0) is 50.7 Å². The van der Waals surface area contributed by atoms with Crippen molar-refractivity contribution in [3.8, 4) is 0 Å². The summed E-state index contributed by atoms with van der Waals surface area (Å²) in [4.78, 5) is 87.3. The molecule has 28 heteroatoms. The lowest BCUT2D eigenvalue weighted by molar-refractivity contribution is -0.137. The minimum atomic E-state index is -5.57. The Morgan fingerprint density at radius 2 is 1.76 bits per heavy atom. The largest absolute Gasteiger partial charge is 0.481 e. The number of thioether (sulfide) groups is 1. The predicted octanol–water partition coefficient (Wildman–Crippen LogP) is 0.0210. The van der Waals surface area contributed by atoms with E-state index in [2.05, 4.69) is 34.4 Å². The molecule has 0 bridgehead atoms. The first-order valence-corrected chi connectivity index (χ1v) is 21.7. The topological polar surface area (TPSA) is 364 Å². The van der Waals surface area contributed by atoms with Gasteiger partial charge in [-0.25, -0.2) is 28.6 Å². The highest BCUT2D eigenvalue weighted by molar-refractivity contribution is 8.14. The summed E-state index contributed by atoms with van der Waals surface area (Å²) >= 11 is 1.04. The molecule has 24 nitrogen and oxygen atoms in total. The maximum atomic E-state index is 12.7. The third-order valence-corrected chi connectivity index (χ3v) is 11.6. The molecular formula is C27H44N7O17P3S. The fraction of sp³-hybridized carbons (Fsp3) is 0.630. The molecule has 2 aromatic heterocycles. The summed E-state index contributed by atoms with van der Waals surface area (Å²) in [5.74, 6) is -1.12. The Labute approximate surface area is 318 Å². The van der Waals surface area contributed by atoms with Gasteiger partial charge in [0.15, 0.2) is 17.7 Å². The number of imidazole rings is 1. The summed E-state index contributed by atoms with van der Waals surface area (Å²) in [5, 5.41) is 26.2. The number of nitrogens with zero attached hydrogens (tertiary/aromatic N) is 4. The fourth-order valence-electron chi connectivity index (χ4n) is 4.63. The van der Waals surface area contributed by atoms with Gasteiger partial charge in [-0.2, -0.15) is 4.31 Å². The van der Waals surface area contributed by atoms with Crippen LogP contribution in [0.1, 0.15) is 46.8 Å². The molecule has 310 valence electrons. The average Bonchev–Trinajstić information content (AvgIpc) is 3.64. The maximum Gasteiger partial charge on any atom is 0.481 e. The van der Waals surface area contributed by atoms with E-state index in [9.17, 15) is 57.9 Å². The molecule has 55 heavy (non-hydrogen) atoms. The van der Waals surface area contributed by atoms with Crippen LogP contribution in [0.3, 0.4) is 0 Å². The summed E-state index contributed by atoms with van der Waals surface area (Å²) in [6.07, 6.45) is -4.65.